The maximum absolute atomic E-state index is 13.2. The van der Waals surface area contributed by atoms with E-state index in [2.05, 4.69) is 10.4 Å². The molecule has 2 aromatic rings. The number of hydrogen-bond acceptors (Lipinski definition) is 5. The second-order valence-electron chi connectivity index (χ2n) is 4.83. The van der Waals surface area contributed by atoms with E-state index in [-0.39, 0.29) is 5.69 Å². The average molecular weight is 302 g/mol. The molecular formula is C13H11FN6O2. The van der Waals surface area contributed by atoms with Crippen molar-refractivity contribution in [3.8, 4) is 11.8 Å². The number of benzene rings is 1. The Morgan fingerprint density at radius 3 is 2.95 bits per heavy atom. The lowest BCUT2D eigenvalue weighted by Crippen LogP contribution is -2.42. The van der Waals surface area contributed by atoms with Crippen LogP contribution >= 0.6 is 0 Å². The lowest BCUT2D eigenvalue weighted by molar-refractivity contribution is 0.198. The summed E-state index contributed by atoms with van der Waals surface area (Å²) in [6, 6.07) is 5.98. The summed E-state index contributed by atoms with van der Waals surface area (Å²) < 4.78 is 14.6. The van der Waals surface area contributed by atoms with Crippen LogP contribution in [0.5, 0.6) is 0 Å². The maximum atomic E-state index is 13.2. The van der Waals surface area contributed by atoms with Crippen LogP contribution in [-0.4, -0.2) is 43.3 Å². The molecule has 3 rings (SSSR count). The second-order valence-corrected chi connectivity index (χ2v) is 4.83. The van der Waals surface area contributed by atoms with Crippen LogP contribution in [0.3, 0.4) is 0 Å². The predicted molar refractivity (Wildman–Crippen MR) is 71.7 cm³/mol. The Morgan fingerprint density at radius 2 is 2.23 bits per heavy atom. The van der Waals surface area contributed by atoms with Crippen molar-refractivity contribution in [1.82, 2.24) is 24.7 Å². The van der Waals surface area contributed by atoms with Crippen molar-refractivity contribution in [2.75, 3.05) is 6.54 Å². The molecule has 0 unspecified atom stereocenters. The Morgan fingerprint density at radius 1 is 1.41 bits per heavy atom. The van der Waals surface area contributed by atoms with Crippen molar-refractivity contribution in [2.24, 2.45) is 0 Å². The molecule has 0 N–H and O–H groups in total. The van der Waals surface area contributed by atoms with Gasteiger partial charge in [-0.25, -0.2) is 14.0 Å². The summed E-state index contributed by atoms with van der Waals surface area (Å²) in [4.78, 5) is 25.8. The third-order valence-corrected chi connectivity index (χ3v) is 3.46. The third kappa shape index (κ3) is 2.24. The number of carbonyl (C=O) groups excluding carboxylic acids is 1. The molecule has 1 amide bonds. The largest absolute Gasteiger partial charge is 0.377 e. The van der Waals surface area contributed by atoms with Gasteiger partial charge in [-0.05, 0) is 41.5 Å². The first-order valence-corrected chi connectivity index (χ1v) is 6.63. The zero-order valence-corrected chi connectivity index (χ0v) is 11.4. The summed E-state index contributed by atoms with van der Waals surface area (Å²) in [7, 11) is 0. The molecule has 1 aliphatic heterocycles. The summed E-state index contributed by atoms with van der Waals surface area (Å²) in [5.74, 6) is -0.533. The molecule has 1 fully saturated rings. The van der Waals surface area contributed by atoms with Crippen LogP contribution in [0.25, 0.3) is 5.69 Å². The minimum absolute atomic E-state index is 0.169. The van der Waals surface area contributed by atoms with Crippen LogP contribution in [0.2, 0.25) is 0 Å². The van der Waals surface area contributed by atoms with E-state index in [4.69, 9.17) is 5.26 Å². The minimum atomic E-state index is -0.806. The highest BCUT2D eigenvalue weighted by Gasteiger charge is 2.31. The van der Waals surface area contributed by atoms with E-state index < -0.39 is 23.6 Å². The van der Waals surface area contributed by atoms with E-state index >= 15 is 0 Å². The molecule has 0 radical (unpaired) electrons. The van der Waals surface area contributed by atoms with Gasteiger partial charge in [0, 0.05) is 6.54 Å². The fourth-order valence-corrected chi connectivity index (χ4v) is 2.39. The zero-order valence-electron chi connectivity index (χ0n) is 11.4. The maximum Gasteiger partial charge on any atom is 0.377 e. The molecular weight excluding hydrogens is 291 g/mol. The standard InChI is InChI=1S/C13H11FN6O2/c14-9-3-1-4-10(7-9)19-13(22)20(17-16-19)12(21)18-6-2-5-11(18)8-15/h1,3-4,7,11H,2,5-6H2/t11-/m1/s1. The molecule has 9 heteroatoms. The number of halogens is 1. The fourth-order valence-electron chi connectivity index (χ4n) is 2.39. The quantitative estimate of drug-likeness (QED) is 0.716. The van der Waals surface area contributed by atoms with Gasteiger partial charge >= 0.3 is 11.7 Å². The van der Waals surface area contributed by atoms with Gasteiger partial charge < -0.3 is 4.90 Å². The summed E-state index contributed by atoms with van der Waals surface area (Å²) in [6.07, 6.45) is 1.26. The number of carbonyl (C=O) groups is 1. The second kappa shape index (κ2) is 5.40. The van der Waals surface area contributed by atoms with Crippen molar-refractivity contribution in [3.05, 3.63) is 40.6 Å². The van der Waals surface area contributed by atoms with Gasteiger partial charge in [0.1, 0.15) is 11.9 Å². The number of rotatable bonds is 1. The van der Waals surface area contributed by atoms with Gasteiger partial charge in [-0.1, -0.05) is 6.07 Å². The van der Waals surface area contributed by atoms with Crippen LogP contribution in [0, 0.1) is 17.1 Å². The van der Waals surface area contributed by atoms with Crippen LogP contribution in [-0.2, 0) is 0 Å². The molecule has 8 nitrogen and oxygen atoms in total. The minimum Gasteiger partial charge on any atom is -0.307 e. The first kappa shape index (κ1) is 13.9. The summed E-state index contributed by atoms with van der Waals surface area (Å²) in [6.45, 7) is 0.385. The fraction of sp³-hybridized carbons (Fsp3) is 0.308. The first-order chi connectivity index (χ1) is 10.6. The first-order valence-electron chi connectivity index (χ1n) is 6.63. The number of nitrogens with zero attached hydrogens (tertiary/aromatic N) is 6. The van der Waals surface area contributed by atoms with E-state index in [9.17, 15) is 14.0 Å². The summed E-state index contributed by atoms with van der Waals surface area (Å²) in [5.41, 5.74) is -0.638. The van der Waals surface area contributed by atoms with E-state index in [1.807, 2.05) is 6.07 Å². The van der Waals surface area contributed by atoms with E-state index in [1.165, 1.54) is 23.1 Å². The Bertz CT molecular complexity index is 820. The van der Waals surface area contributed by atoms with Crippen molar-refractivity contribution in [3.63, 3.8) is 0 Å². The van der Waals surface area contributed by atoms with Crippen molar-refractivity contribution in [1.29, 1.82) is 5.26 Å². The molecule has 1 aromatic carbocycles. The molecule has 0 saturated carbocycles. The number of amides is 1. The van der Waals surface area contributed by atoms with Gasteiger partial charge in [-0.2, -0.15) is 9.94 Å². The average Bonchev–Trinajstić information content (AvgIpc) is 3.12. The molecule has 1 aromatic heterocycles. The molecule has 2 heterocycles. The number of likely N-dealkylation sites (tertiary alicyclic amines) is 1. The molecule has 22 heavy (non-hydrogen) atoms. The molecule has 1 aliphatic rings. The summed E-state index contributed by atoms with van der Waals surface area (Å²) >= 11 is 0. The van der Waals surface area contributed by atoms with Crippen molar-refractivity contribution < 1.29 is 9.18 Å². The third-order valence-electron chi connectivity index (χ3n) is 3.46. The monoisotopic (exact) mass is 302 g/mol. The van der Waals surface area contributed by atoms with Crippen LogP contribution in [0.1, 0.15) is 12.8 Å². The van der Waals surface area contributed by atoms with Gasteiger partial charge in [-0.15, -0.1) is 4.68 Å². The molecule has 0 aliphatic carbocycles. The molecule has 0 spiro atoms. The van der Waals surface area contributed by atoms with Gasteiger partial charge in [0.05, 0.1) is 11.8 Å². The Labute approximate surface area is 124 Å². The lowest BCUT2D eigenvalue weighted by atomic mass is 10.2. The Balaban J connectivity index is 1.96. The molecule has 112 valence electrons. The van der Waals surface area contributed by atoms with E-state index in [0.717, 1.165) is 10.7 Å². The van der Waals surface area contributed by atoms with Gasteiger partial charge in [0.2, 0.25) is 0 Å². The van der Waals surface area contributed by atoms with Gasteiger partial charge in [0.15, 0.2) is 0 Å². The topological polar surface area (TPSA) is 96.8 Å². The SMILES string of the molecule is N#C[C@H]1CCCN1C(=O)n1nnn(-c2cccc(F)c2)c1=O. The van der Waals surface area contributed by atoms with E-state index in [0.29, 0.717) is 24.1 Å². The van der Waals surface area contributed by atoms with Crippen LogP contribution in [0.4, 0.5) is 9.18 Å². The smallest absolute Gasteiger partial charge is 0.307 e. The number of tetrazole rings is 1. The molecule has 1 atom stereocenters. The zero-order chi connectivity index (χ0) is 15.7. The van der Waals surface area contributed by atoms with Crippen molar-refractivity contribution in [2.45, 2.75) is 18.9 Å². The predicted octanol–water partition coefficient (Wildman–Crippen LogP) is 0.524. The number of nitriles is 1. The Hall–Kier alpha value is -3.02. The normalized spacial score (nSPS) is 17.5. The Kier molecular flexibility index (Phi) is 3.42. The van der Waals surface area contributed by atoms with Gasteiger partial charge in [-0.3, -0.25) is 0 Å². The van der Waals surface area contributed by atoms with Crippen molar-refractivity contribution >= 4 is 6.03 Å². The molecule has 0 bridgehead atoms. The molecule has 1 saturated heterocycles. The van der Waals surface area contributed by atoms with Crippen LogP contribution < -0.4 is 5.69 Å². The highest BCUT2D eigenvalue weighted by Crippen LogP contribution is 2.16. The van der Waals surface area contributed by atoms with Crippen LogP contribution in [0.15, 0.2) is 29.1 Å². The van der Waals surface area contributed by atoms with E-state index in [1.54, 1.807) is 0 Å². The highest BCUT2D eigenvalue weighted by atomic mass is 19.1. The number of aromatic nitrogens is 4. The number of hydrogen-bond donors (Lipinski definition) is 0. The lowest BCUT2D eigenvalue weighted by Gasteiger charge is -2.17. The summed E-state index contributed by atoms with van der Waals surface area (Å²) in [5, 5.41) is 16.1. The highest BCUT2D eigenvalue weighted by molar-refractivity contribution is 5.76. The van der Waals surface area contributed by atoms with Gasteiger partial charge in [0.25, 0.3) is 0 Å².